The topological polar surface area (TPSA) is 20.2 Å². The van der Waals surface area contributed by atoms with Crippen molar-refractivity contribution in [3.63, 3.8) is 0 Å². The van der Waals surface area contributed by atoms with Crippen LogP contribution in [0.1, 0.15) is 77.0 Å². The lowest BCUT2D eigenvalue weighted by molar-refractivity contribution is 0.302. The van der Waals surface area contributed by atoms with Crippen LogP contribution < -0.4 is 0 Å². The smallest absolute Gasteiger partial charge is 0.0894 e. The fourth-order valence-corrected chi connectivity index (χ4v) is 2.08. The van der Waals surface area contributed by atoms with E-state index >= 15 is 0 Å². The number of aliphatic hydroxyl groups excluding tert-OH is 1. The number of aliphatic hydroxyl groups is 1. The first kappa shape index (κ1) is 17.6. The molecule has 0 aromatic rings. The molecule has 0 aliphatic rings. The molecule has 108 valence electrons. The summed E-state index contributed by atoms with van der Waals surface area (Å²) in [5.41, 5.74) is 0. The number of hydrogen-bond acceptors (Lipinski definition) is 1. The van der Waals surface area contributed by atoms with Gasteiger partial charge in [-0.05, 0) is 25.7 Å². The number of unbranched alkanes of at least 4 members (excludes halogenated alkanes) is 10. The molecule has 0 spiro atoms. The molecule has 2 heteroatoms. The standard InChI is InChI=1S/C16H31FO/c17-15-13-11-9-7-5-3-1-2-4-6-8-10-12-14-16-18/h10,12,18H,1-9,11,13-16H2. The molecule has 0 radical (unpaired) electrons. The van der Waals surface area contributed by atoms with Crippen molar-refractivity contribution in [3.05, 3.63) is 12.2 Å². The van der Waals surface area contributed by atoms with Crippen LogP contribution in [0.2, 0.25) is 0 Å². The van der Waals surface area contributed by atoms with E-state index in [1.807, 2.05) is 0 Å². The summed E-state index contributed by atoms with van der Waals surface area (Å²) in [6, 6.07) is 0. The van der Waals surface area contributed by atoms with Gasteiger partial charge in [0.25, 0.3) is 0 Å². The van der Waals surface area contributed by atoms with E-state index in [0.717, 1.165) is 25.7 Å². The molecule has 0 unspecified atom stereocenters. The van der Waals surface area contributed by atoms with Gasteiger partial charge in [-0.2, -0.15) is 0 Å². The number of hydrogen-bond donors (Lipinski definition) is 1. The van der Waals surface area contributed by atoms with Crippen LogP contribution in [-0.4, -0.2) is 18.4 Å². The second kappa shape index (κ2) is 16.6. The van der Waals surface area contributed by atoms with Crippen molar-refractivity contribution >= 4 is 0 Å². The zero-order valence-corrected chi connectivity index (χ0v) is 11.9. The van der Waals surface area contributed by atoms with Crippen molar-refractivity contribution in [2.45, 2.75) is 77.0 Å². The SMILES string of the molecule is OCCC=CCCCCCCCCCCCCF. The van der Waals surface area contributed by atoms with Gasteiger partial charge in [-0.15, -0.1) is 0 Å². The minimum atomic E-state index is -0.146. The van der Waals surface area contributed by atoms with E-state index in [1.165, 1.54) is 51.4 Å². The van der Waals surface area contributed by atoms with Gasteiger partial charge < -0.3 is 5.11 Å². The molecule has 0 heterocycles. The van der Waals surface area contributed by atoms with Crippen molar-refractivity contribution in [2.75, 3.05) is 13.3 Å². The van der Waals surface area contributed by atoms with Gasteiger partial charge in [0, 0.05) is 6.61 Å². The minimum Gasteiger partial charge on any atom is -0.396 e. The highest BCUT2D eigenvalue weighted by Crippen LogP contribution is 2.11. The maximum Gasteiger partial charge on any atom is 0.0894 e. The zero-order chi connectivity index (χ0) is 13.3. The lowest BCUT2D eigenvalue weighted by Gasteiger charge is -2.01. The number of halogens is 1. The highest BCUT2D eigenvalue weighted by Gasteiger charge is 1.92. The molecule has 0 saturated heterocycles. The molecule has 0 fully saturated rings. The maximum atomic E-state index is 11.8. The summed E-state index contributed by atoms with van der Waals surface area (Å²) in [6.07, 6.45) is 18.5. The van der Waals surface area contributed by atoms with Crippen molar-refractivity contribution in [2.24, 2.45) is 0 Å². The third-order valence-corrected chi connectivity index (χ3v) is 3.22. The van der Waals surface area contributed by atoms with Gasteiger partial charge in [-0.3, -0.25) is 4.39 Å². The molecule has 18 heavy (non-hydrogen) atoms. The molecule has 0 aliphatic carbocycles. The van der Waals surface area contributed by atoms with Gasteiger partial charge in [-0.25, -0.2) is 0 Å². The first-order valence-corrected chi connectivity index (χ1v) is 7.73. The molecule has 1 N–H and O–H groups in total. The lowest BCUT2D eigenvalue weighted by atomic mass is 10.1. The van der Waals surface area contributed by atoms with Crippen LogP contribution in [0.3, 0.4) is 0 Å². The van der Waals surface area contributed by atoms with E-state index in [4.69, 9.17) is 5.11 Å². The number of alkyl halides is 1. The third-order valence-electron chi connectivity index (χ3n) is 3.22. The third kappa shape index (κ3) is 15.6. The molecule has 0 bridgehead atoms. The first-order valence-electron chi connectivity index (χ1n) is 7.73. The normalized spacial score (nSPS) is 11.4. The zero-order valence-electron chi connectivity index (χ0n) is 11.9. The van der Waals surface area contributed by atoms with E-state index in [9.17, 15) is 4.39 Å². The van der Waals surface area contributed by atoms with E-state index in [0.29, 0.717) is 0 Å². The van der Waals surface area contributed by atoms with Gasteiger partial charge in [0.2, 0.25) is 0 Å². The molecule has 0 aromatic heterocycles. The molecule has 0 aliphatic heterocycles. The molecular formula is C16H31FO. The Morgan fingerprint density at radius 1 is 0.611 bits per heavy atom. The molecule has 0 rings (SSSR count). The van der Waals surface area contributed by atoms with Gasteiger partial charge in [-0.1, -0.05) is 63.5 Å². The quantitative estimate of drug-likeness (QED) is 0.336. The summed E-state index contributed by atoms with van der Waals surface area (Å²) >= 11 is 0. The van der Waals surface area contributed by atoms with Crippen LogP contribution in [-0.2, 0) is 0 Å². The summed E-state index contributed by atoms with van der Waals surface area (Å²) in [7, 11) is 0. The van der Waals surface area contributed by atoms with Crippen LogP contribution in [0.4, 0.5) is 4.39 Å². The van der Waals surface area contributed by atoms with Crippen LogP contribution in [0, 0.1) is 0 Å². The molecule has 0 atom stereocenters. The van der Waals surface area contributed by atoms with E-state index < -0.39 is 0 Å². The summed E-state index contributed by atoms with van der Waals surface area (Å²) in [5.74, 6) is 0. The van der Waals surface area contributed by atoms with E-state index in [-0.39, 0.29) is 13.3 Å². The van der Waals surface area contributed by atoms with Gasteiger partial charge in [0.15, 0.2) is 0 Å². The predicted molar refractivity (Wildman–Crippen MR) is 77.6 cm³/mol. The lowest BCUT2D eigenvalue weighted by Crippen LogP contribution is -1.83. The Bertz CT molecular complexity index is 168. The Kier molecular flexibility index (Phi) is 16.3. The van der Waals surface area contributed by atoms with Crippen molar-refractivity contribution in [3.8, 4) is 0 Å². The van der Waals surface area contributed by atoms with Crippen molar-refractivity contribution in [1.82, 2.24) is 0 Å². The Morgan fingerprint density at radius 2 is 1.06 bits per heavy atom. The monoisotopic (exact) mass is 258 g/mol. The van der Waals surface area contributed by atoms with Crippen molar-refractivity contribution < 1.29 is 9.50 Å². The Balaban J connectivity index is 2.94. The fourth-order valence-electron chi connectivity index (χ4n) is 2.08. The van der Waals surface area contributed by atoms with Crippen LogP contribution in [0.25, 0.3) is 0 Å². The second-order valence-electron chi connectivity index (χ2n) is 5.00. The first-order chi connectivity index (χ1) is 8.91. The fraction of sp³-hybridized carbons (Fsp3) is 0.875. The minimum absolute atomic E-state index is 0.146. The number of allylic oxidation sites excluding steroid dienone is 1. The van der Waals surface area contributed by atoms with E-state index in [1.54, 1.807) is 0 Å². The highest BCUT2D eigenvalue weighted by atomic mass is 19.1. The Morgan fingerprint density at radius 3 is 1.56 bits per heavy atom. The van der Waals surface area contributed by atoms with Crippen LogP contribution >= 0.6 is 0 Å². The van der Waals surface area contributed by atoms with Crippen molar-refractivity contribution in [1.29, 1.82) is 0 Å². The molecule has 1 nitrogen and oxygen atoms in total. The summed E-state index contributed by atoms with van der Waals surface area (Å²) in [4.78, 5) is 0. The highest BCUT2D eigenvalue weighted by molar-refractivity contribution is 4.80. The van der Waals surface area contributed by atoms with Gasteiger partial charge >= 0.3 is 0 Å². The molecule has 0 aromatic carbocycles. The maximum absolute atomic E-state index is 11.8. The van der Waals surface area contributed by atoms with Crippen LogP contribution in [0.15, 0.2) is 12.2 Å². The average molecular weight is 258 g/mol. The summed E-state index contributed by atoms with van der Waals surface area (Å²) in [6.45, 7) is 0.120. The largest absolute Gasteiger partial charge is 0.396 e. The summed E-state index contributed by atoms with van der Waals surface area (Å²) in [5, 5.41) is 8.59. The Hall–Kier alpha value is -0.370. The number of rotatable bonds is 14. The van der Waals surface area contributed by atoms with Gasteiger partial charge in [0.1, 0.15) is 0 Å². The predicted octanol–water partition coefficient (Wildman–Crippen LogP) is 5.19. The van der Waals surface area contributed by atoms with E-state index in [2.05, 4.69) is 12.2 Å². The average Bonchev–Trinajstić information content (AvgIpc) is 2.39. The molecule has 0 amide bonds. The Labute approximate surface area is 112 Å². The molecule has 0 saturated carbocycles. The van der Waals surface area contributed by atoms with Gasteiger partial charge in [0.05, 0.1) is 6.67 Å². The summed E-state index contributed by atoms with van der Waals surface area (Å²) < 4.78 is 11.8. The second-order valence-corrected chi connectivity index (χ2v) is 5.00. The molecular weight excluding hydrogens is 227 g/mol. The van der Waals surface area contributed by atoms with Crippen LogP contribution in [0.5, 0.6) is 0 Å².